The van der Waals surface area contributed by atoms with E-state index in [1.165, 1.54) is 23.9 Å². The molecule has 1 heterocycles. The molecule has 0 amide bonds. The van der Waals surface area contributed by atoms with E-state index in [0.29, 0.717) is 32.7 Å². The summed E-state index contributed by atoms with van der Waals surface area (Å²) in [6.45, 7) is 0.0786. The molecule has 3 rings (SSSR count). The summed E-state index contributed by atoms with van der Waals surface area (Å²) < 4.78 is 11.0. The fourth-order valence-corrected chi connectivity index (χ4v) is 3.17. The Kier molecular flexibility index (Phi) is 6.03. The molecule has 0 aliphatic rings. The molecular weight excluding hydrogens is 399 g/mol. The topological polar surface area (TPSA) is 88.3 Å². The number of aromatic carboxylic acids is 1. The molecule has 9 heteroatoms. The number of hydrogen-bond donors (Lipinski definition) is 0. The number of benzene rings is 2. The minimum Gasteiger partial charge on any atom is -0.545 e. The van der Waals surface area contributed by atoms with E-state index in [0.717, 1.165) is 5.56 Å². The number of hydrogen-bond acceptors (Lipinski definition) is 7. The van der Waals surface area contributed by atoms with Crippen molar-refractivity contribution < 1.29 is 19.1 Å². The van der Waals surface area contributed by atoms with Gasteiger partial charge in [-0.05, 0) is 29.3 Å². The van der Waals surface area contributed by atoms with E-state index in [4.69, 9.17) is 32.4 Å². The molecule has 0 bridgehead atoms. The summed E-state index contributed by atoms with van der Waals surface area (Å²) in [6, 6.07) is 11.3. The number of aromatic nitrogens is 2. The second-order valence-corrected chi connectivity index (χ2v) is 6.87. The molecule has 0 saturated carbocycles. The molecule has 0 fully saturated rings. The molecule has 0 aliphatic heterocycles. The number of carboxylic acid groups (broad SMARTS) is 1. The zero-order chi connectivity index (χ0) is 18.5. The van der Waals surface area contributed by atoms with E-state index in [2.05, 4.69) is 10.2 Å². The molecule has 134 valence electrons. The molecule has 0 radical (unpaired) electrons. The average Bonchev–Trinajstić information content (AvgIpc) is 3.07. The average molecular weight is 410 g/mol. The van der Waals surface area contributed by atoms with E-state index >= 15 is 0 Å². The second kappa shape index (κ2) is 8.44. The molecule has 2 aromatic carbocycles. The number of nitrogens with zero attached hydrogens (tertiary/aromatic N) is 2. The highest BCUT2D eigenvalue weighted by atomic mass is 35.5. The number of carbonyl (C=O) groups excluding carboxylic acids is 1. The van der Waals surface area contributed by atoms with Crippen LogP contribution in [0.1, 0.15) is 21.8 Å². The predicted molar refractivity (Wildman–Crippen MR) is 95.4 cm³/mol. The highest BCUT2D eigenvalue weighted by Gasteiger charge is 2.09. The lowest BCUT2D eigenvalue weighted by molar-refractivity contribution is -0.255. The molecule has 0 aliphatic carbocycles. The lowest BCUT2D eigenvalue weighted by atomic mass is 10.1. The van der Waals surface area contributed by atoms with Crippen LogP contribution < -0.4 is 9.84 Å². The summed E-state index contributed by atoms with van der Waals surface area (Å²) in [4.78, 5) is 10.7. The third-order valence-electron chi connectivity index (χ3n) is 3.25. The SMILES string of the molecule is O=C([O-])c1ccc(CSc2nnc(COc3ccc(Cl)cc3Cl)o2)cc1. The van der Waals surface area contributed by atoms with Crippen LogP contribution in [-0.2, 0) is 12.4 Å². The summed E-state index contributed by atoms with van der Waals surface area (Å²) in [6.07, 6.45) is 0. The van der Waals surface area contributed by atoms with E-state index in [-0.39, 0.29) is 12.2 Å². The van der Waals surface area contributed by atoms with Crippen LogP contribution >= 0.6 is 35.0 Å². The Morgan fingerprint density at radius 3 is 2.62 bits per heavy atom. The van der Waals surface area contributed by atoms with Gasteiger partial charge in [0.25, 0.3) is 11.1 Å². The Balaban J connectivity index is 1.53. The first-order chi connectivity index (χ1) is 12.5. The number of halogens is 2. The predicted octanol–water partition coefficient (Wildman–Crippen LogP) is 3.61. The van der Waals surface area contributed by atoms with Gasteiger partial charge >= 0.3 is 0 Å². The van der Waals surface area contributed by atoms with Gasteiger partial charge in [-0.2, -0.15) is 0 Å². The van der Waals surface area contributed by atoms with Gasteiger partial charge in [0.15, 0.2) is 6.61 Å². The maximum absolute atomic E-state index is 10.7. The van der Waals surface area contributed by atoms with Crippen molar-refractivity contribution in [2.45, 2.75) is 17.6 Å². The van der Waals surface area contributed by atoms with Gasteiger partial charge in [0.1, 0.15) is 5.75 Å². The smallest absolute Gasteiger partial charge is 0.277 e. The highest BCUT2D eigenvalue weighted by molar-refractivity contribution is 7.98. The van der Waals surface area contributed by atoms with Gasteiger partial charge in [0.05, 0.1) is 11.0 Å². The van der Waals surface area contributed by atoms with Gasteiger partial charge in [-0.1, -0.05) is 59.2 Å². The molecule has 26 heavy (non-hydrogen) atoms. The van der Waals surface area contributed by atoms with Crippen molar-refractivity contribution in [3.8, 4) is 5.75 Å². The van der Waals surface area contributed by atoms with Crippen molar-refractivity contribution in [1.82, 2.24) is 10.2 Å². The summed E-state index contributed by atoms with van der Waals surface area (Å²) >= 11 is 13.2. The monoisotopic (exact) mass is 409 g/mol. The molecule has 1 aromatic heterocycles. The van der Waals surface area contributed by atoms with E-state index in [1.807, 2.05) is 0 Å². The maximum atomic E-state index is 10.7. The Hall–Kier alpha value is -2.22. The van der Waals surface area contributed by atoms with Crippen molar-refractivity contribution in [2.75, 3.05) is 0 Å². The Morgan fingerprint density at radius 2 is 1.92 bits per heavy atom. The standard InChI is InChI=1S/C17H12Cl2N2O4S/c18-12-5-6-14(13(19)7-12)24-8-15-20-21-17(25-15)26-9-10-1-3-11(4-2-10)16(22)23/h1-7H,8-9H2,(H,22,23)/p-1. The van der Waals surface area contributed by atoms with Gasteiger partial charge in [-0.3, -0.25) is 0 Å². The zero-order valence-corrected chi connectivity index (χ0v) is 15.5. The lowest BCUT2D eigenvalue weighted by Crippen LogP contribution is -2.21. The number of carbonyl (C=O) groups is 1. The minimum absolute atomic E-state index is 0.0786. The summed E-state index contributed by atoms with van der Waals surface area (Å²) in [5.41, 5.74) is 1.06. The first-order valence-electron chi connectivity index (χ1n) is 7.34. The van der Waals surface area contributed by atoms with Crippen LogP contribution in [0.5, 0.6) is 5.75 Å². The first kappa shape index (κ1) is 18.6. The molecule has 3 aromatic rings. The van der Waals surface area contributed by atoms with Gasteiger partial charge in [0.2, 0.25) is 0 Å². The van der Waals surface area contributed by atoms with Crippen molar-refractivity contribution in [1.29, 1.82) is 0 Å². The van der Waals surface area contributed by atoms with E-state index in [1.54, 1.807) is 30.3 Å². The Morgan fingerprint density at radius 1 is 1.15 bits per heavy atom. The van der Waals surface area contributed by atoms with Crippen LogP contribution in [0.3, 0.4) is 0 Å². The molecule has 0 saturated heterocycles. The zero-order valence-electron chi connectivity index (χ0n) is 13.1. The molecular formula is C17H11Cl2N2O4S-. The molecule has 6 nitrogen and oxygen atoms in total. The summed E-state index contributed by atoms with van der Waals surface area (Å²) in [5.74, 6) is 0.132. The van der Waals surface area contributed by atoms with Crippen molar-refractivity contribution in [3.05, 3.63) is 69.5 Å². The molecule has 0 atom stereocenters. The largest absolute Gasteiger partial charge is 0.545 e. The summed E-state index contributed by atoms with van der Waals surface area (Å²) in [7, 11) is 0. The second-order valence-electron chi connectivity index (χ2n) is 5.10. The van der Waals surface area contributed by atoms with Crippen LogP contribution in [0.15, 0.2) is 52.1 Å². The van der Waals surface area contributed by atoms with Gasteiger partial charge in [-0.25, -0.2) is 0 Å². The number of rotatable bonds is 7. The fourth-order valence-electron chi connectivity index (χ4n) is 1.97. The fraction of sp³-hybridized carbons (Fsp3) is 0.118. The van der Waals surface area contributed by atoms with E-state index < -0.39 is 5.97 Å². The third kappa shape index (κ3) is 4.91. The normalized spacial score (nSPS) is 10.7. The molecule has 0 spiro atoms. The van der Waals surface area contributed by atoms with Crippen molar-refractivity contribution in [3.63, 3.8) is 0 Å². The van der Waals surface area contributed by atoms with Crippen molar-refractivity contribution >= 4 is 40.9 Å². The Bertz CT molecular complexity index is 915. The van der Waals surface area contributed by atoms with Crippen LogP contribution in [0.2, 0.25) is 10.0 Å². The maximum Gasteiger partial charge on any atom is 0.277 e. The molecule has 0 unspecified atom stereocenters. The number of carboxylic acids is 1. The quantitative estimate of drug-likeness (QED) is 0.550. The van der Waals surface area contributed by atoms with Crippen LogP contribution in [0.4, 0.5) is 0 Å². The van der Waals surface area contributed by atoms with E-state index in [9.17, 15) is 9.90 Å². The first-order valence-corrected chi connectivity index (χ1v) is 9.09. The third-order valence-corrected chi connectivity index (χ3v) is 4.67. The van der Waals surface area contributed by atoms with Crippen LogP contribution in [0, 0.1) is 0 Å². The summed E-state index contributed by atoms with van der Waals surface area (Å²) in [5, 5.41) is 19.9. The minimum atomic E-state index is -1.20. The lowest BCUT2D eigenvalue weighted by Gasteiger charge is -2.05. The molecule has 0 N–H and O–H groups in total. The van der Waals surface area contributed by atoms with Crippen molar-refractivity contribution in [2.24, 2.45) is 0 Å². The van der Waals surface area contributed by atoms with Gasteiger partial charge in [0, 0.05) is 10.8 Å². The Labute approximate surface area is 163 Å². The van der Waals surface area contributed by atoms with Gasteiger partial charge in [-0.15, -0.1) is 10.2 Å². The van der Waals surface area contributed by atoms with Crippen LogP contribution in [-0.4, -0.2) is 16.2 Å². The van der Waals surface area contributed by atoms with Gasteiger partial charge < -0.3 is 19.1 Å². The van der Waals surface area contributed by atoms with Crippen LogP contribution in [0.25, 0.3) is 0 Å². The highest BCUT2D eigenvalue weighted by Crippen LogP contribution is 2.28. The number of ether oxygens (including phenoxy) is 1. The number of thioether (sulfide) groups is 1.